The smallest absolute Gasteiger partial charge is 0.277 e. The SMILES string of the molecule is Cc1cc(C)c(NC(=O)CSc2nnc(-c3ccc(C)c(C)c3)o2)c(C)c1. The van der Waals surface area contributed by atoms with Crippen LogP contribution in [0.3, 0.4) is 0 Å². The van der Waals surface area contributed by atoms with Gasteiger partial charge in [0.05, 0.1) is 5.75 Å². The Hall–Kier alpha value is -2.60. The van der Waals surface area contributed by atoms with E-state index in [0.717, 1.165) is 22.4 Å². The Bertz CT molecular complexity index is 972. The van der Waals surface area contributed by atoms with Crippen molar-refractivity contribution in [1.29, 1.82) is 0 Å². The van der Waals surface area contributed by atoms with Gasteiger partial charge in [0, 0.05) is 11.3 Å². The Kier molecular flexibility index (Phi) is 5.65. The maximum atomic E-state index is 12.3. The second kappa shape index (κ2) is 7.96. The third-order valence-electron chi connectivity index (χ3n) is 4.43. The first-order chi connectivity index (χ1) is 12.8. The van der Waals surface area contributed by atoms with Crippen LogP contribution in [0.1, 0.15) is 27.8 Å². The number of nitrogens with zero attached hydrogens (tertiary/aromatic N) is 2. The summed E-state index contributed by atoms with van der Waals surface area (Å²) < 4.78 is 5.69. The van der Waals surface area contributed by atoms with Gasteiger partial charge in [-0.3, -0.25) is 4.79 Å². The molecule has 0 unspecified atom stereocenters. The summed E-state index contributed by atoms with van der Waals surface area (Å²) in [5.41, 5.74) is 7.43. The lowest BCUT2D eigenvalue weighted by Crippen LogP contribution is -2.15. The number of rotatable bonds is 5. The summed E-state index contributed by atoms with van der Waals surface area (Å²) in [4.78, 5) is 12.3. The summed E-state index contributed by atoms with van der Waals surface area (Å²) in [6.07, 6.45) is 0. The highest BCUT2D eigenvalue weighted by Crippen LogP contribution is 2.26. The Morgan fingerprint density at radius 3 is 2.33 bits per heavy atom. The van der Waals surface area contributed by atoms with E-state index in [9.17, 15) is 4.79 Å². The van der Waals surface area contributed by atoms with E-state index < -0.39 is 0 Å². The van der Waals surface area contributed by atoms with Gasteiger partial charge in [-0.05, 0) is 69.0 Å². The number of benzene rings is 2. The number of carbonyl (C=O) groups is 1. The largest absolute Gasteiger partial charge is 0.411 e. The average Bonchev–Trinajstić information content (AvgIpc) is 3.07. The molecule has 0 bridgehead atoms. The lowest BCUT2D eigenvalue weighted by molar-refractivity contribution is -0.113. The molecule has 3 aromatic rings. The minimum Gasteiger partial charge on any atom is -0.411 e. The second-order valence-electron chi connectivity index (χ2n) is 6.78. The molecule has 0 fully saturated rings. The van der Waals surface area contributed by atoms with Crippen LogP contribution < -0.4 is 5.32 Å². The molecule has 27 heavy (non-hydrogen) atoms. The van der Waals surface area contributed by atoms with Gasteiger partial charge >= 0.3 is 0 Å². The Morgan fingerprint density at radius 1 is 0.963 bits per heavy atom. The molecule has 0 saturated heterocycles. The summed E-state index contributed by atoms with van der Waals surface area (Å²) in [5.74, 6) is 0.577. The van der Waals surface area contributed by atoms with Crippen molar-refractivity contribution in [2.24, 2.45) is 0 Å². The Labute approximate surface area is 163 Å². The van der Waals surface area contributed by atoms with Crippen LogP contribution in [0.5, 0.6) is 0 Å². The van der Waals surface area contributed by atoms with Crippen molar-refractivity contribution in [3.05, 3.63) is 58.1 Å². The third-order valence-corrected chi connectivity index (χ3v) is 5.25. The number of aromatic nitrogens is 2. The van der Waals surface area contributed by atoms with Gasteiger partial charge in [-0.25, -0.2) is 0 Å². The van der Waals surface area contributed by atoms with Gasteiger partial charge in [-0.15, -0.1) is 10.2 Å². The van der Waals surface area contributed by atoms with Crippen molar-refractivity contribution < 1.29 is 9.21 Å². The first-order valence-corrected chi connectivity index (χ1v) is 9.73. The van der Waals surface area contributed by atoms with Gasteiger partial charge in [0.15, 0.2) is 0 Å². The van der Waals surface area contributed by atoms with Crippen LogP contribution in [0.2, 0.25) is 0 Å². The van der Waals surface area contributed by atoms with Crippen LogP contribution in [0.4, 0.5) is 5.69 Å². The molecule has 0 spiro atoms. The normalized spacial score (nSPS) is 10.9. The molecular weight excluding hydrogens is 358 g/mol. The standard InChI is InChI=1S/C21H23N3O2S/c1-12-8-15(4)19(16(5)9-12)22-18(25)11-27-21-24-23-20(26-21)17-7-6-13(2)14(3)10-17/h6-10H,11H2,1-5H3,(H,22,25). The summed E-state index contributed by atoms with van der Waals surface area (Å²) >= 11 is 1.23. The molecule has 1 aromatic heterocycles. The average molecular weight is 382 g/mol. The van der Waals surface area contributed by atoms with Crippen LogP contribution in [0.15, 0.2) is 40.0 Å². The summed E-state index contributed by atoms with van der Waals surface area (Å²) in [6, 6.07) is 10.1. The van der Waals surface area contributed by atoms with E-state index in [1.165, 1.54) is 28.5 Å². The van der Waals surface area contributed by atoms with Gasteiger partial charge in [0.2, 0.25) is 11.8 Å². The molecule has 1 N–H and O–H groups in total. The van der Waals surface area contributed by atoms with Crippen molar-refractivity contribution in [1.82, 2.24) is 10.2 Å². The molecule has 0 radical (unpaired) electrons. The quantitative estimate of drug-likeness (QED) is 0.629. The Morgan fingerprint density at radius 2 is 1.67 bits per heavy atom. The lowest BCUT2D eigenvalue weighted by Gasteiger charge is -2.12. The molecule has 1 heterocycles. The molecule has 6 heteroatoms. The Balaban J connectivity index is 1.63. The van der Waals surface area contributed by atoms with Crippen LogP contribution >= 0.6 is 11.8 Å². The molecule has 0 saturated carbocycles. The molecule has 5 nitrogen and oxygen atoms in total. The molecule has 2 aromatic carbocycles. The number of anilines is 1. The fraction of sp³-hybridized carbons (Fsp3) is 0.286. The molecular formula is C21H23N3O2S. The summed E-state index contributed by atoms with van der Waals surface area (Å²) in [7, 11) is 0. The van der Waals surface area contributed by atoms with Crippen molar-refractivity contribution in [2.75, 3.05) is 11.1 Å². The van der Waals surface area contributed by atoms with Crippen molar-refractivity contribution in [3.63, 3.8) is 0 Å². The predicted molar refractivity (Wildman–Crippen MR) is 109 cm³/mol. The molecule has 0 aliphatic rings. The number of thioether (sulfide) groups is 1. The van der Waals surface area contributed by atoms with E-state index in [-0.39, 0.29) is 11.7 Å². The maximum Gasteiger partial charge on any atom is 0.277 e. The van der Waals surface area contributed by atoms with Crippen molar-refractivity contribution >= 4 is 23.4 Å². The van der Waals surface area contributed by atoms with E-state index in [2.05, 4.69) is 34.6 Å². The highest BCUT2D eigenvalue weighted by atomic mass is 32.2. The van der Waals surface area contributed by atoms with Gasteiger partial charge in [-0.1, -0.05) is 35.5 Å². The van der Waals surface area contributed by atoms with Crippen molar-refractivity contribution in [2.45, 2.75) is 39.8 Å². The van der Waals surface area contributed by atoms with Gasteiger partial charge in [-0.2, -0.15) is 0 Å². The number of amides is 1. The molecule has 1 amide bonds. The highest BCUT2D eigenvalue weighted by Gasteiger charge is 2.13. The number of hydrogen-bond donors (Lipinski definition) is 1. The third kappa shape index (κ3) is 4.57. The highest BCUT2D eigenvalue weighted by molar-refractivity contribution is 7.99. The first kappa shape index (κ1) is 19.2. The monoisotopic (exact) mass is 381 g/mol. The van der Waals surface area contributed by atoms with Gasteiger partial charge in [0.25, 0.3) is 5.22 Å². The summed E-state index contributed by atoms with van der Waals surface area (Å²) in [6.45, 7) is 10.1. The zero-order valence-electron chi connectivity index (χ0n) is 16.2. The summed E-state index contributed by atoms with van der Waals surface area (Å²) in [5, 5.41) is 11.5. The zero-order valence-corrected chi connectivity index (χ0v) is 17.0. The molecule has 3 rings (SSSR count). The van der Waals surface area contributed by atoms with E-state index in [4.69, 9.17) is 4.42 Å². The van der Waals surface area contributed by atoms with E-state index in [1.54, 1.807) is 0 Å². The van der Waals surface area contributed by atoms with Gasteiger partial charge in [0.1, 0.15) is 0 Å². The van der Waals surface area contributed by atoms with E-state index in [0.29, 0.717) is 11.1 Å². The molecule has 0 aliphatic carbocycles. The van der Waals surface area contributed by atoms with Crippen molar-refractivity contribution in [3.8, 4) is 11.5 Å². The molecule has 0 atom stereocenters. The number of nitrogens with one attached hydrogen (secondary N) is 1. The molecule has 140 valence electrons. The number of hydrogen-bond acceptors (Lipinski definition) is 5. The van der Waals surface area contributed by atoms with Crippen LogP contribution in [0.25, 0.3) is 11.5 Å². The van der Waals surface area contributed by atoms with E-state index >= 15 is 0 Å². The van der Waals surface area contributed by atoms with Crippen LogP contribution in [-0.4, -0.2) is 21.9 Å². The fourth-order valence-electron chi connectivity index (χ4n) is 2.94. The predicted octanol–water partition coefficient (Wildman–Crippen LogP) is 5.01. The molecule has 0 aliphatic heterocycles. The van der Waals surface area contributed by atoms with Crippen LogP contribution in [-0.2, 0) is 4.79 Å². The first-order valence-electron chi connectivity index (χ1n) is 8.75. The fourth-order valence-corrected chi connectivity index (χ4v) is 3.50. The number of aryl methyl sites for hydroxylation is 5. The topological polar surface area (TPSA) is 68.0 Å². The van der Waals surface area contributed by atoms with Crippen LogP contribution in [0, 0.1) is 34.6 Å². The minimum absolute atomic E-state index is 0.0963. The van der Waals surface area contributed by atoms with Gasteiger partial charge < -0.3 is 9.73 Å². The lowest BCUT2D eigenvalue weighted by atomic mass is 10.1. The number of carbonyl (C=O) groups excluding carboxylic acids is 1. The second-order valence-corrected chi connectivity index (χ2v) is 7.71. The van der Waals surface area contributed by atoms with E-state index in [1.807, 2.05) is 45.9 Å². The minimum atomic E-state index is -0.0963. The maximum absolute atomic E-state index is 12.3. The zero-order chi connectivity index (χ0) is 19.6.